The van der Waals surface area contributed by atoms with Crippen molar-refractivity contribution in [2.45, 2.75) is 51.9 Å². The Morgan fingerprint density at radius 1 is 1.19 bits per heavy atom. The van der Waals surface area contributed by atoms with Gasteiger partial charge in [-0.15, -0.1) is 11.3 Å². The van der Waals surface area contributed by atoms with Crippen molar-refractivity contribution in [3.63, 3.8) is 0 Å². The molecular formula is C25H28N2O4S. The molecule has 0 radical (unpaired) electrons. The Hall–Kier alpha value is -3.11. The number of aryl methyl sites for hydroxylation is 1. The largest absolute Gasteiger partial charge is 0.494 e. The van der Waals surface area contributed by atoms with Crippen molar-refractivity contribution in [2.24, 2.45) is 0 Å². The van der Waals surface area contributed by atoms with Gasteiger partial charge < -0.3 is 14.8 Å². The second-order valence-electron chi connectivity index (χ2n) is 7.66. The zero-order valence-electron chi connectivity index (χ0n) is 18.5. The van der Waals surface area contributed by atoms with Gasteiger partial charge in [-0.05, 0) is 61.4 Å². The molecule has 0 aliphatic heterocycles. The van der Waals surface area contributed by atoms with E-state index in [1.807, 2.05) is 30.3 Å². The number of anilines is 1. The smallest absolute Gasteiger partial charge is 0.341 e. The van der Waals surface area contributed by atoms with Gasteiger partial charge in [0, 0.05) is 4.88 Å². The Morgan fingerprint density at radius 2 is 1.94 bits per heavy atom. The topological polar surface area (TPSA) is 88.4 Å². The number of hydrogen-bond donors (Lipinski definition) is 1. The first-order chi connectivity index (χ1) is 15.6. The Labute approximate surface area is 192 Å². The van der Waals surface area contributed by atoms with Gasteiger partial charge in [0.05, 0.1) is 19.3 Å². The highest BCUT2D eigenvalue weighted by Crippen LogP contribution is 2.38. The predicted octanol–water partition coefficient (Wildman–Crippen LogP) is 5.53. The van der Waals surface area contributed by atoms with Crippen LogP contribution in [0.15, 0.2) is 29.8 Å². The molecule has 3 rings (SSSR count). The number of carbonyl (C=O) groups is 2. The molecule has 6 nitrogen and oxygen atoms in total. The lowest BCUT2D eigenvalue weighted by Crippen LogP contribution is -2.16. The molecule has 7 heteroatoms. The molecular weight excluding hydrogens is 424 g/mol. The van der Waals surface area contributed by atoms with E-state index in [2.05, 4.69) is 12.2 Å². The zero-order chi connectivity index (χ0) is 22.9. The average Bonchev–Trinajstić information content (AvgIpc) is 3.18. The summed E-state index contributed by atoms with van der Waals surface area (Å²) in [6.45, 7) is 2.81. The molecule has 168 valence electrons. The fraction of sp³-hybridized carbons (Fsp3) is 0.400. The fourth-order valence-corrected chi connectivity index (χ4v) is 4.93. The quantitative estimate of drug-likeness (QED) is 0.234. The lowest BCUT2D eigenvalue weighted by molar-refractivity contribution is -0.112. The van der Waals surface area contributed by atoms with Crippen LogP contribution < -0.4 is 10.1 Å². The highest BCUT2D eigenvalue weighted by Gasteiger charge is 2.27. The SMILES string of the molecule is CCCCCOc1ccc(C=C(C#N)C(=O)Nc2sc3c(c2C(=O)OC)CCCC3)cc1. The summed E-state index contributed by atoms with van der Waals surface area (Å²) in [6.07, 6.45) is 8.55. The van der Waals surface area contributed by atoms with E-state index in [-0.39, 0.29) is 5.57 Å². The summed E-state index contributed by atoms with van der Waals surface area (Å²) in [5, 5.41) is 12.8. The van der Waals surface area contributed by atoms with Crippen molar-refractivity contribution in [3.05, 3.63) is 51.4 Å². The second-order valence-corrected chi connectivity index (χ2v) is 8.76. The number of benzene rings is 1. The molecule has 0 spiro atoms. The van der Waals surface area contributed by atoms with Gasteiger partial charge in [-0.2, -0.15) is 5.26 Å². The van der Waals surface area contributed by atoms with E-state index in [1.165, 1.54) is 24.5 Å². The molecule has 0 unspecified atom stereocenters. The number of esters is 1. The molecule has 0 atom stereocenters. The Morgan fingerprint density at radius 3 is 2.62 bits per heavy atom. The van der Waals surface area contributed by atoms with E-state index in [1.54, 1.807) is 0 Å². The number of ether oxygens (including phenoxy) is 2. The summed E-state index contributed by atoms with van der Waals surface area (Å²) >= 11 is 1.40. The maximum absolute atomic E-state index is 12.8. The van der Waals surface area contributed by atoms with Crippen LogP contribution in [0.5, 0.6) is 5.75 Å². The zero-order valence-corrected chi connectivity index (χ0v) is 19.3. The normalized spacial score (nSPS) is 13.1. The van der Waals surface area contributed by atoms with Crippen molar-refractivity contribution in [2.75, 3.05) is 19.0 Å². The number of methoxy groups -OCH3 is 1. The predicted molar refractivity (Wildman–Crippen MR) is 126 cm³/mol. The lowest BCUT2D eigenvalue weighted by Gasteiger charge is -2.11. The molecule has 1 heterocycles. The molecule has 1 aromatic heterocycles. The number of nitrogens with one attached hydrogen (secondary N) is 1. The standard InChI is InChI=1S/C25H28N2O4S/c1-3-4-7-14-31-19-12-10-17(11-13-19)15-18(16-26)23(28)27-24-22(25(29)30-2)20-8-5-6-9-21(20)32-24/h10-13,15H,3-9,14H2,1-2H3,(H,27,28). The van der Waals surface area contributed by atoms with Gasteiger partial charge in [0.25, 0.3) is 5.91 Å². The van der Waals surface area contributed by atoms with E-state index < -0.39 is 11.9 Å². The maximum Gasteiger partial charge on any atom is 0.341 e. The lowest BCUT2D eigenvalue weighted by atomic mass is 9.95. The van der Waals surface area contributed by atoms with E-state index in [0.717, 1.165) is 66.7 Å². The summed E-state index contributed by atoms with van der Waals surface area (Å²) in [5.74, 6) is -0.249. The number of thiophene rings is 1. The molecule has 1 N–H and O–H groups in total. The molecule has 1 aliphatic rings. The van der Waals surface area contributed by atoms with Gasteiger partial charge in [-0.1, -0.05) is 31.9 Å². The van der Waals surface area contributed by atoms with Crippen LogP contribution in [-0.2, 0) is 22.4 Å². The Balaban J connectivity index is 1.74. The Bertz CT molecular complexity index is 1030. The van der Waals surface area contributed by atoms with Crippen molar-refractivity contribution < 1.29 is 19.1 Å². The minimum Gasteiger partial charge on any atom is -0.494 e. The number of unbranched alkanes of at least 4 members (excludes halogenated alkanes) is 2. The first-order valence-corrected chi connectivity index (χ1v) is 11.8. The molecule has 1 amide bonds. The van der Waals surface area contributed by atoms with Gasteiger partial charge in [-0.25, -0.2) is 4.79 Å². The van der Waals surface area contributed by atoms with Crippen LogP contribution in [0.25, 0.3) is 6.08 Å². The molecule has 0 saturated carbocycles. The van der Waals surface area contributed by atoms with Crippen LogP contribution in [0.1, 0.15) is 65.4 Å². The number of amides is 1. The van der Waals surface area contributed by atoms with E-state index in [0.29, 0.717) is 17.2 Å². The summed E-state index contributed by atoms with van der Waals surface area (Å²) in [7, 11) is 1.33. The van der Waals surface area contributed by atoms with Crippen molar-refractivity contribution in [1.82, 2.24) is 0 Å². The minimum absolute atomic E-state index is 0.0381. The van der Waals surface area contributed by atoms with Crippen LogP contribution >= 0.6 is 11.3 Å². The van der Waals surface area contributed by atoms with Crippen molar-refractivity contribution in [3.8, 4) is 11.8 Å². The maximum atomic E-state index is 12.8. The van der Waals surface area contributed by atoms with E-state index in [4.69, 9.17) is 9.47 Å². The van der Waals surface area contributed by atoms with Gasteiger partial charge >= 0.3 is 5.97 Å². The summed E-state index contributed by atoms with van der Waals surface area (Å²) in [6, 6.07) is 9.24. The van der Waals surface area contributed by atoms with Gasteiger partial charge in [0.15, 0.2) is 0 Å². The molecule has 0 bridgehead atoms. The first-order valence-electron chi connectivity index (χ1n) is 11.0. The highest BCUT2D eigenvalue weighted by atomic mass is 32.1. The fourth-order valence-electron chi connectivity index (χ4n) is 3.66. The number of nitrogens with zero attached hydrogens (tertiary/aromatic N) is 1. The number of carbonyl (C=O) groups excluding carboxylic acids is 2. The number of nitriles is 1. The van der Waals surface area contributed by atoms with Crippen molar-refractivity contribution >= 4 is 34.3 Å². The van der Waals surface area contributed by atoms with Crippen LogP contribution in [0.2, 0.25) is 0 Å². The average molecular weight is 453 g/mol. The Kier molecular flexibility index (Phi) is 8.46. The number of fused-ring (bicyclic) bond motifs is 1. The second kappa shape index (κ2) is 11.5. The molecule has 1 aliphatic carbocycles. The third kappa shape index (κ3) is 5.77. The van der Waals surface area contributed by atoms with Crippen molar-refractivity contribution in [1.29, 1.82) is 5.26 Å². The van der Waals surface area contributed by atoms with Crippen LogP contribution in [0.3, 0.4) is 0 Å². The third-order valence-electron chi connectivity index (χ3n) is 5.36. The van der Waals surface area contributed by atoms with Crippen LogP contribution in [0, 0.1) is 11.3 Å². The van der Waals surface area contributed by atoms with Gasteiger partial charge in [-0.3, -0.25) is 4.79 Å². The first kappa shape index (κ1) is 23.6. The molecule has 1 aromatic carbocycles. The molecule has 0 fully saturated rings. The molecule has 0 saturated heterocycles. The van der Waals surface area contributed by atoms with E-state index in [9.17, 15) is 14.9 Å². The van der Waals surface area contributed by atoms with E-state index >= 15 is 0 Å². The van der Waals surface area contributed by atoms with Gasteiger partial charge in [0.1, 0.15) is 22.4 Å². The summed E-state index contributed by atoms with van der Waals surface area (Å²) < 4.78 is 10.6. The minimum atomic E-state index is -0.545. The monoisotopic (exact) mass is 452 g/mol. The van der Waals surface area contributed by atoms with Gasteiger partial charge in [0.2, 0.25) is 0 Å². The third-order valence-corrected chi connectivity index (χ3v) is 6.57. The highest BCUT2D eigenvalue weighted by molar-refractivity contribution is 7.17. The van der Waals surface area contributed by atoms with Crippen LogP contribution in [-0.4, -0.2) is 25.6 Å². The van der Waals surface area contributed by atoms with Crippen LogP contribution in [0.4, 0.5) is 5.00 Å². The summed E-state index contributed by atoms with van der Waals surface area (Å²) in [4.78, 5) is 26.3. The molecule has 32 heavy (non-hydrogen) atoms. The molecule has 2 aromatic rings. The number of rotatable bonds is 9. The summed E-state index contributed by atoms with van der Waals surface area (Å²) in [5.41, 5.74) is 2.06. The number of hydrogen-bond acceptors (Lipinski definition) is 6.